The van der Waals surface area contributed by atoms with Gasteiger partial charge in [-0.15, -0.1) is 0 Å². The van der Waals surface area contributed by atoms with E-state index in [4.69, 9.17) is 20.8 Å². The van der Waals surface area contributed by atoms with Gasteiger partial charge >= 0.3 is 5.63 Å². The van der Waals surface area contributed by atoms with E-state index in [1.165, 1.54) is 18.2 Å². The molecular formula is C19H15ClFNO4. The number of carbonyl (C=O) groups excluding carboxylic acids is 1. The van der Waals surface area contributed by atoms with Gasteiger partial charge in [0.1, 0.15) is 17.1 Å². The van der Waals surface area contributed by atoms with Gasteiger partial charge in [0.05, 0.1) is 5.02 Å². The number of hydrogen-bond donors (Lipinski definition) is 1. The van der Waals surface area contributed by atoms with Crippen molar-refractivity contribution in [2.24, 2.45) is 0 Å². The lowest BCUT2D eigenvalue weighted by Crippen LogP contribution is -2.20. The fourth-order valence-electron chi connectivity index (χ4n) is 2.44. The monoisotopic (exact) mass is 375 g/mol. The summed E-state index contributed by atoms with van der Waals surface area (Å²) >= 11 is 6.17. The van der Waals surface area contributed by atoms with Crippen molar-refractivity contribution in [3.63, 3.8) is 0 Å². The maximum Gasteiger partial charge on any atom is 0.336 e. The predicted molar refractivity (Wildman–Crippen MR) is 97.5 cm³/mol. The molecule has 7 heteroatoms. The summed E-state index contributed by atoms with van der Waals surface area (Å²) < 4.78 is 24.1. The summed E-state index contributed by atoms with van der Waals surface area (Å²) in [5.74, 6) is -0.681. The second-order valence-corrected chi connectivity index (χ2v) is 6.24. The van der Waals surface area contributed by atoms with Crippen molar-refractivity contribution < 1.29 is 18.3 Å². The topological polar surface area (TPSA) is 68.5 Å². The Hall–Kier alpha value is -2.86. The van der Waals surface area contributed by atoms with Gasteiger partial charge in [-0.3, -0.25) is 4.79 Å². The van der Waals surface area contributed by atoms with E-state index in [-0.39, 0.29) is 17.4 Å². The molecule has 3 rings (SSSR count). The molecule has 1 heterocycles. The molecule has 0 fully saturated rings. The summed E-state index contributed by atoms with van der Waals surface area (Å²) in [4.78, 5) is 23.5. The molecule has 1 amide bonds. The molecule has 5 nitrogen and oxygen atoms in total. The van der Waals surface area contributed by atoms with E-state index < -0.39 is 17.3 Å². The minimum Gasteiger partial charge on any atom is -0.482 e. The number of anilines is 1. The van der Waals surface area contributed by atoms with Gasteiger partial charge in [0, 0.05) is 23.2 Å². The molecule has 0 aliphatic heterocycles. The fraction of sp³-hybridized carbons (Fsp3) is 0.158. The number of benzene rings is 2. The van der Waals surface area contributed by atoms with E-state index in [9.17, 15) is 14.0 Å². The smallest absolute Gasteiger partial charge is 0.336 e. The van der Waals surface area contributed by atoms with Gasteiger partial charge in [0.2, 0.25) is 0 Å². The normalized spacial score (nSPS) is 10.8. The van der Waals surface area contributed by atoms with E-state index in [1.54, 1.807) is 32.0 Å². The van der Waals surface area contributed by atoms with E-state index >= 15 is 0 Å². The van der Waals surface area contributed by atoms with Gasteiger partial charge < -0.3 is 14.5 Å². The van der Waals surface area contributed by atoms with E-state index in [0.717, 1.165) is 5.56 Å². The first-order valence-corrected chi connectivity index (χ1v) is 8.14. The first-order chi connectivity index (χ1) is 12.3. The largest absolute Gasteiger partial charge is 0.482 e. The molecule has 0 unspecified atom stereocenters. The van der Waals surface area contributed by atoms with Gasteiger partial charge in [-0.1, -0.05) is 17.7 Å². The van der Waals surface area contributed by atoms with Crippen molar-refractivity contribution in [1.29, 1.82) is 0 Å². The summed E-state index contributed by atoms with van der Waals surface area (Å²) in [7, 11) is 0. The second-order valence-electron chi connectivity index (χ2n) is 5.83. The Bertz CT molecular complexity index is 1060. The van der Waals surface area contributed by atoms with Gasteiger partial charge in [0.25, 0.3) is 5.91 Å². The highest BCUT2D eigenvalue weighted by Gasteiger charge is 2.11. The van der Waals surface area contributed by atoms with Crippen LogP contribution in [0.25, 0.3) is 11.0 Å². The Morgan fingerprint density at radius 1 is 1.19 bits per heavy atom. The van der Waals surface area contributed by atoms with Crippen LogP contribution in [0.5, 0.6) is 5.75 Å². The molecule has 134 valence electrons. The molecule has 0 aliphatic rings. The summed E-state index contributed by atoms with van der Waals surface area (Å²) in [6.07, 6.45) is 0. The molecule has 1 N–H and O–H groups in total. The number of aryl methyl sites for hydroxylation is 2. The third-order valence-electron chi connectivity index (χ3n) is 3.82. The molecule has 0 aliphatic carbocycles. The highest BCUT2D eigenvalue weighted by molar-refractivity contribution is 6.32. The maximum atomic E-state index is 13.5. The Morgan fingerprint density at radius 3 is 2.69 bits per heavy atom. The minimum atomic E-state index is -0.484. The van der Waals surface area contributed by atoms with Crippen LogP contribution in [0, 0.1) is 19.7 Å². The van der Waals surface area contributed by atoms with Crippen LogP contribution in [0.4, 0.5) is 10.1 Å². The highest BCUT2D eigenvalue weighted by Crippen LogP contribution is 2.31. The van der Waals surface area contributed by atoms with Crippen molar-refractivity contribution >= 4 is 34.2 Å². The Balaban J connectivity index is 1.74. The van der Waals surface area contributed by atoms with Crippen molar-refractivity contribution in [3.8, 4) is 5.75 Å². The Morgan fingerprint density at radius 2 is 1.96 bits per heavy atom. The van der Waals surface area contributed by atoms with E-state index in [1.807, 2.05) is 0 Å². The van der Waals surface area contributed by atoms with Crippen molar-refractivity contribution in [3.05, 3.63) is 68.8 Å². The first kappa shape index (κ1) is 17.9. The fourth-order valence-corrected chi connectivity index (χ4v) is 2.66. The van der Waals surface area contributed by atoms with Gasteiger partial charge in [-0.05, 0) is 43.2 Å². The van der Waals surface area contributed by atoms with Crippen LogP contribution in [0.1, 0.15) is 11.1 Å². The van der Waals surface area contributed by atoms with E-state index in [0.29, 0.717) is 22.2 Å². The number of halogens is 2. The molecule has 3 aromatic rings. The number of fused-ring (bicyclic) bond motifs is 1. The van der Waals surface area contributed by atoms with Crippen LogP contribution >= 0.6 is 11.6 Å². The predicted octanol–water partition coefficient (Wildman–Crippen LogP) is 4.22. The molecule has 1 aromatic heterocycles. The number of rotatable bonds is 4. The molecule has 0 spiro atoms. The Kier molecular flexibility index (Phi) is 4.95. The molecule has 0 atom stereocenters. The number of ether oxygens (including phenoxy) is 1. The standard InChI is InChI=1S/C19H15ClFNO4/c1-10-3-4-12(6-15(10)21)22-18(23)9-25-17-8-16-13(7-14(17)20)11(2)5-19(24)26-16/h3-8H,9H2,1-2H3,(H,22,23). The molecule has 26 heavy (non-hydrogen) atoms. The number of amides is 1. The van der Waals surface area contributed by atoms with Crippen LogP contribution in [-0.4, -0.2) is 12.5 Å². The van der Waals surface area contributed by atoms with Crippen molar-refractivity contribution in [2.75, 3.05) is 11.9 Å². The van der Waals surface area contributed by atoms with Crippen LogP contribution < -0.4 is 15.7 Å². The Labute approximate surface area is 153 Å². The van der Waals surface area contributed by atoms with Gasteiger partial charge in [-0.25, -0.2) is 9.18 Å². The number of nitrogens with one attached hydrogen (secondary N) is 1. The third-order valence-corrected chi connectivity index (χ3v) is 4.11. The van der Waals surface area contributed by atoms with Crippen LogP contribution in [0.3, 0.4) is 0 Å². The number of carbonyl (C=O) groups is 1. The van der Waals surface area contributed by atoms with Crippen molar-refractivity contribution in [2.45, 2.75) is 13.8 Å². The molecular weight excluding hydrogens is 361 g/mol. The minimum absolute atomic E-state index is 0.207. The lowest BCUT2D eigenvalue weighted by molar-refractivity contribution is -0.118. The zero-order valence-electron chi connectivity index (χ0n) is 14.1. The molecule has 0 saturated heterocycles. The quantitative estimate of drug-likeness (QED) is 0.693. The van der Waals surface area contributed by atoms with Crippen LogP contribution in [-0.2, 0) is 4.79 Å². The van der Waals surface area contributed by atoms with Crippen molar-refractivity contribution in [1.82, 2.24) is 0 Å². The molecule has 0 bridgehead atoms. The average Bonchev–Trinajstić information content (AvgIpc) is 2.57. The summed E-state index contributed by atoms with van der Waals surface area (Å²) in [6.45, 7) is 3.06. The maximum absolute atomic E-state index is 13.5. The zero-order valence-corrected chi connectivity index (χ0v) is 14.8. The van der Waals surface area contributed by atoms with Gasteiger partial charge in [0.15, 0.2) is 6.61 Å². The highest BCUT2D eigenvalue weighted by atomic mass is 35.5. The third kappa shape index (κ3) is 3.86. The lowest BCUT2D eigenvalue weighted by Gasteiger charge is -2.10. The number of hydrogen-bond acceptors (Lipinski definition) is 4. The molecule has 0 saturated carbocycles. The first-order valence-electron chi connectivity index (χ1n) is 7.76. The summed E-state index contributed by atoms with van der Waals surface area (Å²) in [6, 6.07) is 8.83. The second kappa shape index (κ2) is 7.17. The van der Waals surface area contributed by atoms with E-state index in [2.05, 4.69) is 5.32 Å². The molecule has 0 radical (unpaired) electrons. The van der Waals surface area contributed by atoms with Crippen LogP contribution in [0.15, 0.2) is 45.6 Å². The SMILES string of the molecule is Cc1ccc(NC(=O)COc2cc3oc(=O)cc(C)c3cc2Cl)cc1F. The zero-order chi connectivity index (χ0) is 18.8. The average molecular weight is 376 g/mol. The van der Waals surface area contributed by atoms with Gasteiger partial charge in [-0.2, -0.15) is 0 Å². The summed E-state index contributed by atoms with van der Waals surface area (Å²) in [5.41, 5.74) is 1.37. The lowest BCUT2D eigenvalue weighted by atomic mass is 10.1. The molecule has 2 aromatic carbocycles. The summed E-state index contributed by atoms with van der Waals surface area (Å²) in [5, 5.41) is 3.50. The van der Waals surface area contributed by atoms with Crippen LogP contribution in [0.2, 0.25) is 5.02 Å².